The molecule has 0 amide bonds. The molecule has 72 valence electrons. The van der Waals surface area contributed by atoms with Crippen LogP contribution in [0.3, 0.4) is 0 Å². The number of hydrogen-bond acceptors (Lipinski definition) is 2. The lowest BCUT2D eigenvalue weighted by Gasteiger charge is -2.19. The number of nitrogens with zero attached hydrogens (tertiary/aromatic N) is 2. The summed E-state index contributed by atoms with van der Waals surface area (Å²) in [4.78, 5) is 6.96. The largest absolute Gasteiger partial charge is 0.359 e. The highest BCUT2D eigenvalue weighted by molar-refractivity contribution is 9.09. The van der Waals surface area contributed by atoms with Gasteiger partial charge in [0.05, 0.1) is 0 Å². The molecule has 0 aliphatic rings. The second-order valence-electron chi connectivity index (χ2n) is 3.36. The van der Waals surface area contributed by atoms with Gasteiger partial charge in [-0.1, -0.05) is 28.9 Å². The third-order valence-electron chi connectivity index (χ3n) is 1.81. The summed E-state index contributed by atoms with van der Waals surface area (Å²) in [6.45, 7) is 5.14. The van der Waals surface area contributed by atoms with E-state index in [1.165, 1.54) is 5.56 Å². The fourth-order valence-electron chi connectivity index (χ4n) is 1.16. The van der Waals surface area contributed by atoms with Crippen LogP contribution in [0.15, 0.2) is 18.3 Å². The quantitative estimate of drug-likeness (QED) is 0.758. The maximum atomic E-state index is 4.34. The van der Waals surface area contributed by atoms with Gasteiger partial charge in [0.2, 0.25) is 0 Å². The molecule has 0 aromatic carbocycles. The molecule has 13 heavy (non-hydrogen) atoms. The monoisotopic (exact) mass is 242 g/mol. The topological polar surface area (TPSA) is 16.1 Å². The number of halogens is 1. The number of pyridine rings is 1. The first-order chi connectivity index (χ1) is 6.09. The van der Waals surface area contributed by atoms with E-state index in [-0.39, 0.29) is 0 Å². The van der Waals surface area contributed by atoms with E-state index >= 15 is 0 Å². The molecule has 1 aromatic heterocycles. The number of anilines is 1. The predicted molar refractivity (Wildman–Crippen MR) is 60.6 cm³/mol. The summed E-state index contributed by atoms with van der Waals surface area (Å²) < 4.78 is 0. The van der Waals surface area contributed by atoms with Gasteiger partial charge in [0, 0.05) is 24.6 Å². The van der Waals surface area contributed by atoms with Crippen molar-refractivity contribution in [1.82, 2.24) is 4.98 Å². The van der Waals surface area contributed by atoms with E-state index in [2.05, 4.69) is 45.9 Å². The van der Waals surface area contributed by atoms with Gasteiger partial charge in [-0.25, -0.2) is 4.98 Å². The molecule has 0 saturated heterocycles. The minimum Gasteiger partial charge on any atom is -0.359 e. The molecule has 1 unspecified atom stereocenters. The molecular weight excluding hydrogens is 228 g/mol. The van der Waals surface area contributed by atoms with Gasteiger partial charge in [-0.2, -0.15) is 0 Å². The Bertz CT molecular complexity index is 256. The molecule has 1 rings (SSSR count). The molecule has 1 aromatic rings. The first-order valence-electron chi connectivity index (χ1n) is 4.37. The van der Waals surface area contributed by atoms with Crippen LogP contribution in [-0.2, 0) is 0 Å². The Hall–Kier alpha value is -0.570. The third kappa shape index (κ3) is 3.35. The molecule has 2 nitrogen and oxygen atoms in total. The lowest BCUT2D eigenvalue weighted by molar-refractivity contribution is 0.860. The summed E-state index contributed by atoms with van der Waals surface area (Å²) >= 11 is 3.52. The van der Waals surface area contributed by atoms with Crippen molar-refractivity contribution in [1.29, 1.82) is 0 Å². The minimum absolute atomic E-state index is 0.487. The first kappa shape index (κ1) is 10.5. The lowest BCUT2D eigenvalue weighted by atomic mass is 10.3. The van der Waals surface area contributed by atoms with E-state index in [1.807, 2.05) is 19.2 Å². The van der Waals surface area contributed by atoms with Gasteiger partial charge in [0.15, 0.2) is 0 Å². The minimum atomic E-state index is 0.487. The van der Waals surface area contributed by atoms with Crippen LogP contribution in [0.4, 0.5) is 5.82 Å². The Balaban J connectivity index is 2.66. The first-order valence-corrected chi connectivity index (χ1v) is 5.29. The van der Waals surface area contributed by atoms with Gasteiger partial charge in [-0.15, -0.1) is 0 Å². The van der Waals surface area contributed by atoms with Gasteiger partial charge in [0.25, 0.3) is 0 Å². The normalized spacial score (nSPS) is 12.6. The second-order valence-corrected chi connectivity index (χ2v) is 4.92. The fourth-order valence-corrected chi connectivity index (χ4v) is 1.59. The Kier molecular flexibility index (Phi) is 3.72. The average Bonchev–Trinajstić information content (AvgIpc) is 2.04. The molecule has 0 fully saturated rings. The van der Waals surface area contributed by atoms with Crippen molar-refractivity contribution in [3.8, 4) is 0 Å². The lowest BCUT2D eigenvalue weighted by Crippen LogP contribution is -2.24. The Morgan fingerprint density at radius 1 is 1.54 bits per heavy atom. The summed E-state index contributed by atoms with van der Waals surface area (Å²) in [6, 6.07) is 4.13. The maximum Gasteiger partial charge on any atom is 0.128 e. The van der Waals surface area contributed by atoms with Crippen LogP contribution in [0.2, 0.25) is 0 Å². The SMILES string of the molecule is Cc1ccc(N(C)CC(C)Br)nc1. The summed E-state index contributed by atoms with van der Waals surface area (Å²) in [6.07, 6.45) is 1.89. The molecule has 0 spiro atoms. The molecule has 1 atom stereocenters. The highest BCUT2D eigenvalue weighted by Gasteiger charge is 2.04. The van der Waals surface area contributed by atoms with Gasteiger partial charge in [0.1, 0.15) is 5.82 Å². The fraction of sp³-hybridized carbons (Fsp3) is 0.500. The van der Waals surface area contributed by atoms with E-state index in [4.69, 9.17) is 0 Å². The molecule has 0 bridgehead atoms. The van der Waals surface area contributed by atoms with Crippen LogP contribution in [0.25, 0.3) is 0 Å². The standard InChI is InChI=1S/C10H15BrN2/c1-8-4-5-10(12-6-8)13(3)7-9(2)11/h4-6,9H,7H2,1-3H3. The Morgan fingerprint density at radius 3 is 2.69 bits per heavy atom. The highest BCUT2D eigenvalue weighted by atomic mass is 79.9. The van der Waals surface area contributed by atoms with Gasteiger partial charge in [-0.05, 0) is 18.6 Å². The van der Waals surface area contributed by atoms with Crippen molar-refractivity contribution >= 4 is 21.7 Å². The van der Waals surface area contributed by atoms with Crippen LogP contribution in [-0.4, -0.2) is 23.4 Å². The van der Waals surface area contributed by atoms with Crippen molar-refractivity contribution < 1.29 is 0 Å². The van der Waals surface area contributed by atoms with Crippen LogP contribution in [0, 0.1) is 6.92 Å². The zero-order chi connectivity index (χ0) is 9.84. The predicted octanol–water partition coefficient (Wildman–Crippen LogP) is 2.61. The maximum absolute atomic E-state index is 4.34. The van der Waals surface area contributed by atoms with Gasteiger partial charge < -0.3 is 4.90 Å². The van der Waals surface area contributed by atoms with Crippen LogP contribution < -0.4 is 4.90 Å². The Labute approximate surface area is 88.1 Å². The number of aromatic nitrogens is 1. The number of hydrogen-bond donors (Lipinski definition) is 0. The summed E-state index contributed by atoms with van der Waals surface area (Å²) in [5.74, 6) is 1.02. The molecule has 0 radical (unpaired) electrons. The van der Waals surface area contributed by atoms with Crippen molar-refractivity contribution in [3.05, 3.63) is 23.9 Å². The zero-order valence-electron chi connectivity index (χ0n) is 8.29. The molecule has 0 aliphatic heterocycles. The Morgan fingerprint density at radius 2 is 2.23 bits per heavy atom. The van der Waals surface area contributed by atoms with Gasteiger partial charge >= 0.3 is 0 Å². The van der Waals surface area contributed by atoms with Crippen molar-refractivity contribution in [3.63, 3.8) is 0 Å². The van der Waals surface area contributed by atoms with Crippen molar-refractivity contribution in [2.24, 2.45) is 0 Å². The van der Waals surface area contributed by atoms with E-state index in [1.54, 1.807) is 0 Å². The van der Waals surface area contributed by atoms with Crippen molar-refractivity contribution in [2.45, 2.75) is 18.7 Å². The third-order valence-corrected chi connectivity index (χ3v) is 2.10. The molecule has 0 N–H and O–H groups in total. The van der Waals surface area contributed by atoms with E-state index < -0.39 is 0 Å². The average molecular weight is 243 g/mol. The summed E-state index contributed by atoms with van der Waals surface area (Å²) in [5, 5.41) is 0. The van der Waals surface area contributed by atoms with E-state index in [0.717, 1.165) is 12.4 Å². The molecule has 0 saturated carbocycles. The summed E-state index contributed by atoms with van der Waals surface area (Å²) in [7, 11) is 2.05. The molecular formula is C10H15BrN2. The molecule has 1 heterocycles. The van der Waals surface area contributed by atoms with Crippen LogP contribution >= 0.6 is 15.9 Å². The van der Waals surface area contributed by atoms with Crippen molar-refractivity contribution in [2.75, 3.05) is 18.5 Å². The highest BCUT2D eigenvalue weighted by Crippen LogP contribution is 2.11. The van der Waals surface area contributed by atoms with E-state index in [0.29, 0.717) is 4.83 Å². The number of alkyl halides is 1. The van der Waals surface area contributed by atoms with Crippen LogP contribution in [0.5, 0.6) is 0 Å². The number of aryl methyl sites for hydroxylation is 1. The smallest absolute Gasteiger partial charge is 0.128 e. The van der Waals surface area contributed by atoms with Crippen LogP contribution in [0.1, 0.15) is 12.5 Å². The molecule has 0 aliphatic carbocycles. The zero-order valence-corrected chi connectivity index (χ0v) is 9.87. The summed E-state index contributed by atoms with van der Waals surface area (Å²) in [5.41, 5.74) is 1.20. The molecule has 3 heteroatoms. The number of rotatable bonds is 3. The van der Waals surface area contributed by atoms with Gasteiger partial charge in [-0.3, -0.25) is 0 Å². The van der Waals surface area contributed by atoms with E-state index in [9.17, 15) is 0 Å². The second kappa shape index (κ2) is 4.61.